The van der Waals surface area contributed by atoms with E-state index in [-0.39, 0.29) is 24.5 Å². The zero-order chi connectivity index (χ0) is 19.6. The van der Waals surface area contributed by atoms with Crippen LogP contribution in [-0.4, -0.2) is 44.8 Å². The van der Waals surface area contributed by atoms with Crippen molar-refractivity contribution in [3.8, 4) is 10.6 Å². The molecule has 3 rings (SSSR count). The van der Waals surface area contributed by atoms with Gasteiger partial charge in [0, 0.05) is 31.7 Å². The minimum absolute atomic E-state index is 0.0367. The Kier molecular flexibility index (Phi) is 5.91. The van der Waals surface area contributed by atoms with Crippen LogP contribution in [0.25, 0.3) is 10.6 Å². The van der Waals surface area contributed by atoms with E-state index in [0.717, 1.165) is 41.1 Å². The Morgan fingerprint density at radius 1 is 1.33 bits per heavy atom. The summed E-state index contributed by atoms with van der Waals surface area (Å²) in [5.41, 5.74) is 3.25. The number of carbonyl (C=O) groups is 2. The first kappa shape index (κ1) is 19.5. The van der Waals surface area contributed by atoms with E-state index in [1.54, 1.807) is 0 Å². The lowest BCUT2D eigenvalue weighted by Crippen LogP contribution is -2.26. The van der Waals surface area contributed by atoms with Crippen molar-refractivity contribution in [2.45, 2.75) is 52.5 Å². The summed E-state index contributed by atoms with van der Waals surface area (Å²) in [6.45, 7) is 5.97. The van der Waals surface area contributed by atoms with E-state index in [1.165, 1.54) is 18.3 Å². The van der Waals surface area contributed by atoms with E-state index < -0.39 is 0 Å². The molecule has 2 heterocycles. The zero-order valence-corrected chi connectivity index (χ0v) is 16.7. The Morgan fingerprint density at radius 2 is 2.11 bits per heavy atom. The van der Waals surface area contributed by atoms with Crippen LogP contribution >= 0.6 is 11.3 Å². The Balaban J connectivity index is 2.06. The van der Waals surface area contributed by atoms with Crippen molar-refractivity contribution >= 4 is 28.3 Å². The van der Waals surface area contributed by atoms with Gasteiger partial charge in [-0.2, -0.15) is 5.10 Å². The number of hydrogen-bond donors (Lipinski definition) is 3. The standard InChI is InChI=1S/C18H25N5O3S/c1-10(2)23-15-12(14(22-23)17(26)19-8-5-9-24)6-4-7-13-16(15)27-18(21-13)20-11(3)25/h10,24H,4-9H2,1-3H3,(H,19,26)(H,20,21,25). The van der Waals surface area contributed by atoms with Crippen molar-refractivity contribution < 1.29 is 14.7 Å². The number of amides is 2. The number of aromatic nitrogens is 3. The number of thiazole rings is 1. The van der Waals surface area contributed by atoms with Crippen molar-refractivity contribution in [1.29, 1.82) is 0 Å². The fourth-order valence-corrected chi connectivity index (χ4v) is 4.33. The molecule has 2 aromatic heterocycles. The largest absolute Gasteiger partial charge is 0.396 e. The van der Waals surface area contributed by atoms with Gasteiger partial charge in [-0.15, -0.1) is 0 Å². The van der Waals surface area contributed by atoms with Gasteiger partial charge in [-0.3, -0.25) is 14.3 Å². The summed E-state index contributed by atoms with van der Waals surface area (Å²) < 4.78 is 1.89. The summed E-state index contributed by atoms with van der Waals surface area (Å²) in [7, 11) is 0. The average Bonchev–Trinajstić information content (AvgIpc) is 3.11. The second-order valence-electron chi connectivity index (χ2n) is 6.88. The minimum atomic E-state index is -0.214. The van der Waals surface area contributed by atoms with Gasteiger partial charge in [-0.05, 0) is 39.5 Å². The molecule has 9 heteroatoms. The molecule has 0 unspecified atom stereocenters. The van der Waals surface area contributed by atoms with Crippen LogP contribution in [0.4, 0.5) is 5.13 Å². The van der Waals surface area contributed by atoms with Gasteiger partial charge in [0.1, 0.15) is 0 Å². The number of fused-ring (bicyclic) bond motifs is 3. The highest BCUT2D eigenvalue weighted by molar-refractivity contribution is 7.19. The number of aliphatic hydroxyl groups excluding tert-OH is 1. The number of aliphatic hydroxyl groups is 1. The highest BCUT2D eigenvalue weighted by Crippen LogP contribution is 2.41. The van der Waals surface area contributed by atoms with Crippen LogP contribution in [-0.2, 0) is 17.6 Å². The number of carbonyl (C=O) groups excluding carboxylic acids is 2. The van der Waals surface area contributed by atoms with Gasteiger partial charge in [0.2, 0.25) is 5.91 Å². The molecule has 2 aromatic rings. The molecule has 0 spiro atoms. The van der Waals surface area contributed by atoms with Crippen LogP contribution < -0.4 is 10.6 Å². The molecule has 27 heavy (non-hydrogen) atoms. The molecule has 0 aliphatic heterocycles. The second-order valence-corrected chi connectivity index (χ2v) is 7.88. The van der Waals surface area contributed by atoms with E-state index in [1.807, 2.05) is 18.5 Å². The van der Waals surface area contributed by atoms with Gasteiger partial charge in [0.05, 0.1) is 16.3 Å². The molecular weight excluding hydrogens is 366 g/mol. The predicted molar refractivity (Wildman–Crippen MR) is 104 cm³/mol. The van der Waals surface area contributed by atoms with Crippen LogP contribution in [0.1, 0.15) is 61.4 Å². The number of rotatable bonds is 6. The first-order valence-electron chi connectivity index (χ1n) is 9.20. The molecule has 0 saturated heterocycles. The van der Waals surface area contributed by atoms with Gasteiger partial charge in [-0.25, -0.2) is 4.98 Å². The van der Waals surface area contributed by atoms with E-state index in [0.29, 0.717) is 23.8 Å². The number of nitrogens with zero attached hydrogens (tertiary/aromatic N) is 3. The van der Waals surface area contributed by atoms with Crippen molar-refractivity contribution in [2.75, 3.05) is 18.5 Å². The maximum absolute atomic E-state index is 12.7. The number of hydrogen-bond acceptors (Lipinski definition) is 6. The highest BCUT2D eigenvalue weighted by Gasteiger charge is 2.30. The Bertz CT molecular complexity index is 856. The lowest BCUT2D eigenvalue weighted by atomic mass is 10.1. The lowest BCUT2D eigenvalue weighted by molar-refractivity contribution is -0.114. The Hall–Kier alpha value is -2.26. The molecule has 0 fully saturated rings. The van der Waals surface area contributed by atoms with Crippen LogP contribution in [0.3, 0.4) is 0 Å². The molecule has 8 nitrogen and oxygen atoms in total. The smallest absolute Gasteiger partial charge is 0.272 e. The third-order valence-electron chi connectivity index (χ3n) is 4.37. The Labute approximate surface area is 162 Å². The molecule has 0 bridgehead atoms. The lowest BCUT2D eigenvalue weighted by Gasteiger charge is -2.10. The minimum Gasteiger partial charge on any atom is -0.396 e. The summed E-state index contributed by atoms with van der Waals surface area (Å²) in [6.07, 6.45) is 2.93. The molecule has 0 saturated carbocycles. The second kappa shape index (κ2) is 8.18. The molecule has 2 amide bonds. The SMILES string of the molecule is CC(=O)Nc1nc2c(s1)-c1c(c(C(=O)NCCCO)nn1C(C)C)CCC2. The molecule has 146 valence electrons. The maximum atomic E-state index is 12.7. The molecule has 0 atom stereocenters. The molecule has 0 radical (unpaired) electrons. The Morgan fingerprint density at radius 3 is 2.78 bits per heavy atom. The average molecular weight is 391 g/mol. The number of nitrogens with one attached hydrogen (secondary N) is 2. The quantitative estimate of drug-likeness (QED) is 0.654. The highest BCUT2D eigenvalue weighted by atomic mass is 32.1. The van der Waals surface area contributed by atoms with E-state index in [2.05, 4.69) is 20.7 Å². The molecule has 0 aromatic carbocycles. The van der Waals surface area contributed by atoms with Gasteiger partial charge in [-0.1, -0.05) is 11.3 Å². The summed E-state index contributed by atoms with van der Waals surface area (Å²) in [4.78, 5) is 29.6. The van der Waals surface area contributed by atoms with E-state index in [9.17, 15) is 9.59 Å². The van der Waals surface area contributed by atoms with Crippen LogP contribution in [0.5, 0.6) is 0 Å². The summed E-state index contributed by atoms with van der Waals surface area (Å²) in [6, 6.07) is 0.0787. The summed E-state index contributed by atoms with van der Waals surface area (Å²) >= 11 is 1.43. The van der Waals surface area contributed by atoms with Crippen molar-refractivity contribution in [1.82, 2.24) is 20.1 Å². The monoisotopic (exact) mass is 391 g/mol. The third-order valence-corrected chi connectivity index (χ3v) is 5.39. The molecule has 1 aliphatic rings. The van der Waals surface area contributed by atoms with Crippen LogP contribution in [0.2, 0.25) is 0 Å². The molecule has 1 aliphatic carbocycles. The van der Waals surface area contributed by atoms with E-state index in [4.69, 9.17) is 5.11 Å². The maximum Gasteiger partial charge on any atom is 0.272 e. The topological polar surface area (TPSA) is 109 Å². The van der Waals surface area contributed by atoms with Crippen molar-refractivity contribution in [3.05, 3.63) is 17.0 Å². The van der Waals surface area contributed by atoms with Gasteiger partial charge in [0.25, 0.3) is 5.91 Å². The summed E-state index contributed by atoms with van der Waals surface area (Å²) in [5, 5.41) is 19.7. The zero-order valence-electron chi connectivity index (χ0n) is 15.8. The first-order valence-corrected chi connectivity index (χ1v) is 10.0. The first-order chi connectivity index (χ1) is 12.9. The summed E-state index contributed by atoms with van der Waals surface area (Å²) in [5.74, 6) is -0.366. The normalized spacial score (nSPS) is 13.1. The number of anilines is 1. The van der Waals surface area contributed by atoms with Gasteiger partial charge in [0.15, 0.2) is 10.8 Å². The van der Waals surface area contributed by atoms with Gasteiger partial charge < -0.3 is 15.7 Å². The van der Waals surface area contributed by atoms with Crippen molar-refractivity contribution in [2.24, 2.45) is 0 Å². The van der Waals surface area contributed by atoms with Crippen molar-refractivity contribution in [3.63, 3.8) is 0 Å². The fourth-order valence-electron chi connectivity index (χ4n) is 3.21. The van der Waals surface area contributed by atoms with Crippen LogP contribution in [0, 0.1) is 0 Å². The number of aryl methyl sites for hydroxylation is 1. The van der Waals surface area contributed by atoms with E-state index >= 15 is 0 Å². The van der Waals surface area contributed by atoms with Crippen LogP contribution in [0.15, 0.2) is 0 Å². The fraction of sp³-hybridized carbons (Fsp3) is 0.556. The predicted octanol–water partition coefficient (Wildman–Crippen LogP) is 2.15. The third kappa shape index (κ3) is 4.03. The molecule has 3 N–H and O–H groups in total. The molecular formula is C18H25N5O3S. The van der Waals surface area contributed by atoms with Gasteiger partial charge >= 0.3 is 0 Å².